The molecule has 0 radical (unpaired) electrons. The van der Waals surface area contributed by atoms with E-state index in [9.17, 15) is 4.79 Å². The van der Waals surface area contributed by atoms with E-state index in [0.717, 1.165) is 11.1 Å². The fraction of sp³-hybridized carbons (Fsp3) is 0.211. The highest BCUT2D eigenvalue weighted by Gasteiger charge is 2.16. The third-order valence-corrected chi connectivity index (χ3v) is 4.49. The number of thioether (sulfide) groups is 1. The molecule has 2 aromatic rings. The van der Waals surface area contributed by atoms with Crippen LogP contribution in [-0.4, -0.2) is 30.2 Å². The van der Waals surface area contributed by atoms with E-state index in [-0.39, 0.29) is 5.91 Å². The molecule has 1 aliphatic heterocycles. The van der Waals surface area contributed by atoms with Gasteiger partial charge in [-0.1, -0.05) is 47.7 Å². The lowest BCUT2D eigenvalue weighted by Crippen LogP contribution is -2.19. The Morgan fingerprint density at radius 1 is 1.27 bits per heavy atom. The van der Waals surface area contributed by atoms with Gasteiger partial charge in [0.05, 0.1) is 19.1 Å². The van der Waals surface area contributed by atoms with Crippen molar-refractivity contribution < 1.29 is 14.3 Å². The van der Waals surface area contributed by atoms with Crippen molar-refractivity contribution in [2.75, 3.05) is 12.9 Å². The molecule has 0 saturated carbocycles. The lowest BCUT2D eigenvalue weighted by molar-refractivity contribution is -0.116. The maximum Gasteiger partial charge on any atom is 0.236 e. The maximum atomic E-state index is 11.2. The van der Waals surface area contributed by atoms with Crippen LogP contribution in [0.1, 0.15) is 16.7 Å². The van der Waals surface area contributed by atoms with Crippen LogP contribution in [0.2, 0.25) is 0 Å². The van der Waals surface area contributed by atoms with Gasteiger partial charge in [-0.3, -0.25) is 4.79 Å². The first-order chi connectivity index (χ1) is 12.7. The number of hydrogen-bond donors (Lipinski definition) is 1. The van der Waals surface area contributed by atoms with Crippen molar-refractivity contribution in [2.24, 2.45) is 10.2 Å². The monoisotopic (exact) mass is 369 g/mol. The predicted molar refractivity (Wildman–Crippen MR) is 104 cm³/mol. The Hall–Kier alpha value is -2.80. The van der Waals surface area contributed by atoms with Crippen molar-refractivity contribution in [2.45, 2.75) is 13.5 Å². The number of nitrogens with one attached hydrogen (secondary N) is 1. The fourth-order valence-corrected chi connectivity index (χ4v) is 3.06. The lowest BCUT2D eigenvalue weighted by atomic mass is 10.1. The summed E-state index contributed by atoms with van der Waals surface area (Å²) in [5.74, 6) is 1.53. The number of rotatable bonds is 6. The van der Waals surface area contributed by atoms with Crippen molar-refractivity contribution >= 4 is 29.1 Å². The predicted octanol–water partition coefficient (Wildman–Crippen LogP) is 3.14. The molecule has 1 saturated heterocycles. The number of benzene rings is 2. The number of aryl methyl sites for hydroxylation is 1. The molecule has 26 heavy (non-hydrogen) atoms. The van der Waals surface area contributed by atoms with Crippen molar-refractivity contribution in [1.29, 1.82) is 0 Å². The Morgan fingerprint density at radius 2 is 2.12 bits per heavy atom. The molecule has 7 heteroatoms. The van der Waals surface area contributed by atoms with Crippen LogP contribution in [0.15, 0.2) is 52.7 Å². The van der Waals surface area contributed by atoms with Gasteiger partial charge in [-0.25, -0.2) is 0 Å². The SMILES string of the molecule is COc1cccc(C=NN=C2NC(=O)CS2)c1OCc1cccc(C)c1. The van der Waals surface area contributed by atoms with Crippen LogP contribution < -0.4 is 14.8 Å². The van der Waals surface area contributed by atoms with E-state index in [4.69, 9.17) is 9.47 Å². The Labute approximate surface area is 156 Å². The van der Waals surface area contributed by atoms with Crippen LogP contribution in [0.5, 0.6) is 11.5 Å². The highest BCUT2D eigenvalue weighted by atomic mass is 32.2. The van der Waals surface area contributed by atoms with Crippen LogP contribution in [-0.2, 0) is 11.4 Å². The molecule has 1 amide bonds. The highest BCUT2D eigenvalue weighted by molar-refractivity contribution is 8.15. The second-order valence-corrected chi connectivity index (χ2v) is 6.61. The zero-order valence-electron chi connectivity index (χ0n) is 14.6. The second kappa shape index (κ2) is 8.53. The van der Waals surface area contributed by atoms with E-state index in [0.29, 0.717) is 29.0 Å². The molecule has 6 nitrogen and oxygen atoms in total. The summed E-state index contributed by atoms with van der Waals surface area (Å²) in [6, 6.07) is 13.7. The standard InChI is InChI=1S/C19H19N3O3S/c1-13-5-3-6-14(9-13)11-25-18-15(7-4-8-16(18)24-2)10-20-22-19-21-17(23)12-26-19/h3-10H,11-12H2,1-2H3,(H,21,22,23). The quantitative estimate of drug-likeness (QED) is 0.627. The smallest absolute Gasteiger partial charge is 0.236 e. The number of carbonyl (C=O) groups excluding carboxylic acids is 1. The van der Waals surface area contributed by atoms with E-state index >= 15 is 0 Å². The van der Waals surface area contributed by atoms with Crippen molar-refractivity contribution in [3.8, 4) is 11.5 Å². The van der Waals surface area contributed by atoms with Gasteiger partial charge in [0.2, 0.25) is 5.91 Å². The number of nitrogens with zero attached hydrogens (tertiary/aromatic N) is 2. The van der Waals surface area contributed by atoms with Gasteiger partial charge in [-0.2, -0.15) is 5.10 Å². The topological polar surface area (TPSA) is 72.3 Å². The third-order valence-electron chi connectivity index (χ3n) is 3.63. The fourth-order valence-electron chi connectivity index (χ4n) is 2.43. The van der Waals surface area contributed by atoms with Crippen LogP contribution in [0.25, 0.3) is 0 Å². The number of amides is 1. The molecule has 134 valence electrons. The van der Waals surface area contributed by atoms with Gasteiger partial charge in [0.25, 0.3) is 0 Å². The summed E-state index contributed by atoms with van der Waals surface area (Å²) in [5, 5.41) is 11.2. The Kier molecular flexibility index (Phi) is 5.91. The minimum absolute atomic E-state index is 0.0625. The first kappa shape index (κ1) is 18.0. The molecular formula is C19H19N3O3S. The van der Waals surface area contributed by atoms with Crippen LogP contribution >= 0.6 is 11.8 Å². The maximum absolute atomic E-state index is 11.2. The molecule has 1 fully saturated rings. The number of para-hydroxylation sites is 1. The van der Waals surface area contributed by atoms with Crippen molar-refractivity contribution in [1.82, 2.24) is 5.32 Å². The number of carbonyl (C=O) groups is 1. The van der Waals surface area contributed by atoms with Crippen LogP contribution in [0.3, 0.4) is 0 Å². The van der Waals surface area contributed by atoms with E-state index in [1.165, 1.54) is 17.3 Å². The summed E-state index contributed by atoms with van der Waals surface area (Å²) >= 11 is 1.33. The molecule has 0 aromatic heterocycles. The van der Waals surface area contributed by atoms with Gasteiger partial charge in [-0.05, 0) is 24.6 Å². The summed E-state index contributed by atoms with van der Waals surface area (Å²) in [4.78, 5) is 11.2. The van der Waals surface area contributed by atoms with Crippen LogP contribution in [0, 0.1) is 6.92 Å². The summed E-state index contributed by atoms with van der Waals surface area (Å²) in [7, 11) is 1.60. The zero-order chi connectivity index (χ0) is 18.4. The lowest BCUT2D eigenvalue weighted by Gasteiger charge is -2.13. The molecule has 1 aliphatic rings. The molecular weight excluding hydrogens is 350 g/mol. The van der Waals surface area contributed by atoms with Gasteiger partial charge >= 0.3 is 0 Å². The van der Waals surface area contributed by atoms with Gasteiger partial charge in [0, 0.05) is 5.56 Å². The summed E-state index contributed by atoms with van der Waals surface area (Å²) < 4.78 is 11.4. The zero-order valence-corrected chi connectivity index (χ0v) is 15.4. The van der Waals surface area contributed by atoms with Gasteiger partial charge in [0.15, 0.2) is 16.7 Å². The molecule has 0 atom stereocenters. The first-order valence-electron chi connectivity index (χ1n) is 8.05. The Balaban J connectivity index is 1.78. The van der Waals surface area contributed by atoms with Crippen LogP contribution in [0.4, 0.5) is 0 Å². The highest BCUT2D eigenvalue weighted by Crippen LogP contribution is 2.31. The molecule has 1 N–H and O–H groups in total. The van der Waals surface area contributed by atoms with E-state index in [2.05, 4.69) is 21.6 Å². The summed E-state index contributed by atoms with van der Waals surface area (Å²) in [6.45, 7) is 2.47. The van der Waals surface area contributed by atoms with Gasteiger partial charge in [0.1, 0.15) is 6.61 Å². The van der Waals surface area contributed by atoms with E-state index in [1.807, 2.05) is 43.3 Å². The molecule has 2 aromatic carbocycles. The van der Waals surface area contributed by atoms with Crippen molar-refractivity contribution in [3.63, 3.8) is 0 Å². The molecule has 3 rings (SSSR count). The normalized spacial score (nSPS) is 15.5. The average Bonchev–Trinajstić information content (AvgIpc) is 3.05. The van der Waals surface area contributed by atoms with E-state index < -0.39 is 0 Å². The first-order valence-corrected chi connectivity index (χ1v) is 9.03. The molecule has 0 bridgehead atoms. The minimum Gasteiger partial charge on any atom is -0.493 e. The Morgan fingerprint density at radius 3 is 2.85 bits per heavy atom. The van der Waals surface area contributed by atoms with Gasteiger partial charge < -0.3 is 14.8 Å². The number of amidine groups is 1. The second-order valence-electron chi connectivity index (χ2n) is 5.64. The van der Waals surface area contributed by atoms with Gasteiger partial charge in [-0.15, -0.1) is 5.10 Å². The molecule has 1 heterocycles. The largest absolute Gasteiger partial charge is 0.493 e. The average molecular weight is 369 g/mol. The molecule has 0 aliphatic carbocycles. The molecule has 0 spiro atoms. The summed E-state index contributed by atoms with van der Waals surface area (Å²) in [5.41, 5.74) is 3.00. The molecule has 0 unspecified atom stereocenters. The number of hydrogen-bond acceptors (Lipinski definition) is 6. The summed E-state index contributed by atoms with van der Waals surface area (Å²) in [6.07, 6.45) is 1.59. The minimum atomic E-state index is -0.0625. The van der Waals surface area contributed by atoms with Crippen molar-refractivity contribution in [3.05, 3.63) is 59.2 Å². The number of ether oxygens (including phenoxy) is 2. The van der Waals surface area contributed by atoms with E-state index in [1.54, 1.807) is 13.3 Å². The number of methoxy groups -OCH3 is 1. The third kappa shape index (κ3) is 4.64. The Bertz CT molecular complexity index is 865.